The van der Waals surface area contributed by atoms with Crippen LogP contribution in [-0.2, 0) is 0 Å². The number of hydrogen-bond acceptors (Lipinski definition) is 0. The van der Waals surface area contributed by atoms with E-state index >= 15 is 0 Å². The van der Waals surface area contributed by atoms with Crippen LogP contribution < -0.4 is 5.19 Å². The summed E-state index contributed by atoms with van der Waals surface area (Å²) in [5.41, 5.74) is 1.49. The zero-order chi connectivity index (χ0) is 9.90. The van der Waals surface area contributed by atoms with Crippen LogP contribution in [0.3, 0.4) is 0 Å². The molecule has 0 spiro atoms. The summed E-state index contributed by atoms with van der Waals surface area (Å²) < 4.78 is 0. The van der Waals surface area contributed by atoms with Crippen LogP contribution in [0.1, 0.15) is 0 Å². The Balaban J connectivity index is 2.81. The molecule has 0 aliphatic carbocycles. The molecule has 0 N–H and O–H groups in total. The molecule has 0 aliphatic heterocycles. The molecule has 0 aliphatic rings. The maximum atomic E-state index is 2.49. The normalized spacial score (nSPS) is 12.1. The molecule has 71 valence electrons. The van der Waals surface area contributed by atoms with Crippen LogP contribution in [0.5, 0.6) is 0 Å². The SMILES string of the molecule is C[Si](C)C[Si](C)(C)c1ccccc1. The van der Waals surface area contributed by atoms with Gasteiger partial charge in [0.15, 0.2) is 0 Å². The molecule has 0 fully saturated rings. The molecule has 0 atom stereocenters. The second-order valence-corrected chi connectivity index (χ2v) is 12.8. The van der Waals surface area contributed by atoms with Gasteiger partial charge in [0, 0.05) is 8.80 Å². The molecule has 0 heterocycles. The third kappa shape index (κ3) is 3.12. The van der Waals surface area contributed by atoms with Gasteiger partial charge in [-0.15, -0.1) is 0 Å². The van der Waals surface area contributed by atoms with Gasteiger partial charge in [-0.25, -0.2) is 0 Å². The minimum absolute atomic E-state index is 0.0770. The molecule has 13 heavy (non-hydrogen) atoms. The van der Waals surface area contributed by atoms with Crippen molar-refractivity contribution in [1.29, 1.82) is 0 Å². The minimum atomic E-state index is -1.10. The fraction of sp³-hybridized carbons (Fsp3) is 0.455. The van der Waals surface area contributed by atoms with Crippen molar-refractivity contribution in [2.24, 2.45) is 0 Å². The van der Waals surface area contributed by atoms with Gasteiger partial charge in [0.2, 0.25) is 0 Å². The average molecular weight is 207 g/mol. The summed E-state index contributed by atoms with van der Waals surface area (Å²) in [5, 5.41) is 1.61. The smallest absolute Gasteiger partial charge is 0.0715 e. The van der Waals surface area contributed by atoms with Crippen molar-refractivity contribution in [3.05, 3.63) is 30.3 Å². The van der Waals surface area contributed by atoms with Crippen molar-refractivity contribution in [2.75, 3.05) is 0 Å². The maximum Gasteiger partial charge on any atom is 0.0778 e. The lowest BCUT2D eigenvalue weighted by atomic mass is 10.4. The average Bonchev–Trinajstić information content (AvgIpc) is 2.04. The molecular weight excluding hydrogens is 188 g/mol. The van der Waals surface area contributed by atoms with Gasteiger partial charge in [0.1, 0.15) is 0 Å². The Hall–Kier alpha value is -0.346. The van der Waals surface area contributed by atoms with E-state index in [4.69, 9.17) is 0 Å². The quantitative estimate of drug-likeness (QED) is 0.669. The first-order valence-electron chi connectivity index (χ1n) is 4.87. The molecule has 0 unspecified atom stereocenters. The van der Waals surface area contributed by atoms with Crippen molar-refractivity contribution < 1.29 is 0 Å². The lowest BCUT2D eigenvalue weighted by molar-refractivity contribution is 1.60. The van der Waals surface area contributed by atoms with E-state index < -0.39 is 8.07 Å². The predicted octanol–water partition coefficient (Wildman–Crippen LogP) is 2.90. The van der Waals surface area contributed by atoms with Gasteiger partial charge in [-0.2, -0.15) is 0 Å². The number of hydrogen-bond donors (Lipinski definition) is 0. The maximum absolute atomic E-state index is 2.49. The van der Waals surface area contributed by atoms with E-state index in [1.165, 1.54) is 5.67 Å². The Morgan fingerprint density at radius 2 is 1.62 bits per heavy atom. The van der Waals surface area contributed by atoms with E-state index in [2.05, 4.69) is 56.5 Å². The van der Waals surface area contributed by atoms with Crippen molar-refractivity contribution in [3.63, 3.8) is 0 Å². The second kappa shape index (κ2) is 4.24. The molecule has 1 rings (SSSR count). The fourth-order valence-electron chi connectivity index (χ4n) is 1.88. The van der Waals surface area contributed by atoms with Crippen LogP contribution in [0.2, 0.25) is 31.9 Å². The molecule has 0 saturated carbocycles. The second-order valence-electron chi connectivity index (χ2n) is 4.63. The molecule has 1 aromatic carbocycles. The van der Waals surface area contributed by atoms with Crippen molar-refractivity contribution >= 4 is 22.1 Å². The summed E-state index contributed by atoms with van der Waals surface area (Å²) in [5.74, 6) is 0. The van der Waals surface area contributed by atoms with E-state index in [9.17, 15) is 0 Å². The molecule has 0 aromatic heterocycles. The van der Waals surface area contributed by atoms with Crippen LogP contribution in [0.4, 0.5) is 0 Å². The first-order chi connectivity index (χ1) is 6.02. The highest BCUT2D eigenvalue weighted by molar-refractivity contribution is 6.96. The van der Waals surface area contributed by atoms with Crippen LogP contribution in [0.25, 0.3) is 0 Å². The molecule has 1 radical (unpaired) electrons. The third-order valence-electron chi connectivity index (χ3n) is 2.35. The lowest BCUT2D eigenvalue weighted by Gasteiger charge is -2.24. The predicted molar refractivity (Wildman–Crippen MR) is 65.8 cm³/mol. The highest BCUT2D eigenvalue weighted by Gasteiger charge is 2.24. The Kier molecular flexibility index (Phi) is 3.50. The third-order valence-corrected chi connectivity index (χ3v) is 10.6. The van der Waals surface area contributed by atoms with E-state index in [1.54, 1.807) is 5.19 Å². The molecule has 0 nitrogen and oxygen atoms in total. The topological polar surface area (TPSA) is 0 Å². The fourth-order valence-corrected chi connectivity index (χ4v) is 10.9. The van der Waals surface area contributed by atoms with Gasteiger partial charge in [0.25, 0.3) is 0 Å². The Bertz CT molecular complexity index is 252. The summed E-state index contributed by atoms with van der Waals surface area (Å²) in [6.07, 6.45) is 0. The van der Waals surface area contributed by atoms with Crippen molar-refractivity contribution in [1.82, 2.24) is 0 Å². The van der Waals surface area contributed by atoms with Crippen molar-refractivity contribution in [3.8, 4) is 0 Å². The molecule has 2 heteroatoms. The van der Waals surface area contributed by atoms with E-state index in [-0.39, 0.29) is 8.80 Å². The largest absolute Gasteiger partial charge is 0.0778 e. The molecule has 1 aromatic rings. The summed E-state index contributed by atoms with van der Waals surface area (Å²) in [7, 11) is -1.17. The zero-order valence-corrected chi connectivity index (χ0v) is 11.1. The van der Waals surface area contributed by atoms with Crippen LogP contribution in [-0.4, -0.2) is 16.9 Å². The van der Waals surface area contributed by atoms with E-state index in [0.29, 0.717) is 0 Å². The standard InChI is InChI=1S/C11H19Si2/c1-12(2)10-13(3,4)11-8-6-5-7-9-11/h5-9H,10H2,1-4H3. The molecule has 0 bridgehead atoms. The van der Waals surface area contributed by atoms with Gasteiger partial charge in [-0.05, 0) is 0 Å². The zero-order valence-electron chi connectivity index (χ0n) is 9.09. The molecule has 0 saturated heterocycles. The lowest BCUT2D eigenvalue weighted by Crippen LogP contribution is -2.43. The van der Waals surface area contributed by atoms with Gasteiger partial charge in [-0.3, -0.25) is 0 Å². The van der Waals surface area contributed by atoms with Crippen LogP contribution in [0.15, 0.2) is 30.3 Å². The van der Waals surface area contributed by atoms with Gasteiger partial charge < -0.3 is 0 Å². The molecular formula is C11H19Si2. The van der Waals surface area contributed by atoms with E-state index in [0.717, 1.165) is 0 Å². The Morgan fingerprint density at radius 1 is 1.08 bits per heavy atom. The van der Waals surface area contributed by atoms with Crippen LogP contribution in [0, 0.1) is 0 Å². The first kappa shape index (κ1) is 10.7. The number of benzene rings is 1. The van der Waals surface area contributed by atoms with Crippen LogP contribution >= 0.6 is 0 Å². The van der Waals surface area contributed by atoms with Gasteiger partial charge >= 0.3 is 0 Å². The van der Waals surface area contributed by atoms with Crippen molar-refractivity contribution in [2.45, 2.75) is 31.9 Å². The number of rotatable bonds is 3. The van der Waals surface area contributed by atoms with Gasteiger partial charge in [0.05, 0.1) is 8.07 Å². The minimum Gasteiger partial charge on any atom is -0.0715 e. The highest BCUT2D eigenvalue weighted by Crippen LogP contribution is 2.11. The Labute approximate surface area is 84.6 Å². The molecule has 0 amide bonds. The summed E-state index contributed by atoms with van der Waals surface area (Å²) in [6.45, 7) is 9.81. The highest BCUT2D eigenvalue weighted by atomic mass is 28.4. The van der Waals surface area contributed by atoms with E-state index in [1.807, 2.05) is 0 Å². The first-order valence-corrected chi connectivity index (χ1v) is 10.8. The van der Waals surface area contributed by atoms with Gasteiger partial charge in [-0.1, -0.05) is 67.4 Å². The Morgan fingerprint density at radius 3 is 2.08 bits per heavy atom. The summed E-state index contributed by atoms with van der Waals surface area (Å²) in [6, 6.07) is 11.1. The monoisotopic (exact) mass is 207 g/mol. The summed E-state index contributed by atoms with van der Waals surface area (Å²) in [4.78, 5) is 0. The summed E-state index contributed by atoms with van der Waals surface area (Å²) >= 11 is 0.